The van der Waals surface area contributed by atoms with Crippen molar-refractivity contribution in [2.75, 3.05) is 31.2 Å². The van der Waals surface area contributed by atoms with Gasteiger partial charge in [0.2, 0.25) is 17.7 Å². The lowest BCUT2D eigenvalue weighted by molar-refractivity contribution is -0.142. The van der Waals surface area contributed by atoms with Gasteiger partial charge >= 0.3 is 0 Å². The van der Waals surface area contributed by atoms with Gasteiger partial charge in [-0.1, -0.05) is 38.4 Å². The lowest BCUT2D eigenvalue weighted by Crippen LogP contribution is -2.44. The zero-order chi connectivity index (χ0) is 19.3. The van der Waals surface area contributed by atoms with E-state index in [0.29, 0.717) is 17.3 Å². The van der Waals surface area contributed by atoms with Crippen LogP contribution in [0.3, 0.4) is 0 Å². The summed E-state index contributed by atoms with van der Waals surface area (Å²) in [5.74, 6) is -0.499. The molecule has 1 aliphatic rings. The van der Waals surface area contributed by atoms with Crippen LogP contribution in [0, 0.1) is 5.92 Å². The van der Waals surface area contributed by atoms with E-state index in [-0.39, 0.29) is 43.4 Å². The van der Waals surface area contributed by atoms with E-state index in [1.807, 2.05) is 20.8 Å². The average Bonchev–Trinajstić information content (AvgIpc) is 3.02. The predicted octanol–water partition coefficient (Wildman–Crippen LogP) is 2.76. The Bertz CT molecular complexity index is 680. The predicted molar refractivity (Wildman–Crippen MR) is 102 cm³/mol. The fourth-order valence-corrected chi connectivity index (χ4v) is 3.06. The number of carbonyl (C=O) groups is 3. The largest absolute Gasteiger partial charge is 0.333 e. The van der Waals surface area contributed by atoms with Crippen LogP contribution in [0.2, 0.25) is 5.02 Å². The van der Waals surface area contributed by atoms with Crippen LogP contribution >= 0.6 is 11.6 Å². The molecule has 142 valence electrons. The zero-order valence-electron chi connectivity index (χ0n) is 15.6. The molecule has 0 aromatic heterocycles. The van der Waals surface area contributed by atoms with Crippen LogP contribution in [0.1, 0.15) is 33.6 Å². The quantitative estimate of drug-likeness (QED) is 0.731. The maximum atomic E-state index is 12.7. The number of halogens is 1. The molecule has 1 aromatic rings. The smallest absolute Gasteiger partial charge is 0.248 e. The van der Waals surface area contributed by atoms with Crippen molar-refractivity contribution in [1.82, 2.24) is 9.80 Å². The van der Waals surface area contributed by atoms with Crippen LogP contribution in [-0.2, 0) is 14.4 Å². The summed E-state index contributed by atoms with van der Waals surface area (Å²) in [6, 6.07) is 6.98. The lowest BCUT2D eigenvalue weighted by Gasteiger charge is -2.26. The summed E-state index contributed by atoms with van der Waals surface area (Å²) in [6.45, 7) is 6.54. The fraction of sp³-hybridized carbons (Fsp3) is 0.526. The van der Waals surface area contributed by atoms with Crippen molar-refractivity contribution in [2.24, 2.45) is 5.92 Å². The first-order valence-electron chi connectivity index (χ1n) is 8.99. The van der Waals surface area contributed by atoms with E-state index in [4.69, 9.17) is 11.6 Å². The first-order chi connectivity index (χ1) is 12.4. The van der Waals surface area contributed by atoms with Crippen LogP contribution in [0.4, 0.5) is 5.69 Å². The zero-order valence-corrected chi connectivity index (χ0v) is 16.3. The molecule has 1 heterocycles. The molecule has 2 rings (SSSR count). The van der Waals surface area contributed by atoms with Crippen LogP contribution < -0.4 is 4.90 Å². The lowest BCUT2D eigenvalue weighted by atomic mass is 10.1. The van der Waals surface area contributed by atoms with Crippen molar-refractivity contribution in [3.05, 3.63) is 29.3 Å². The molecular formula is C19H26ClN3O3. The topological polar surface area (TPSA) is 60.9 Å². The average molecular weight is 380 g/mol. The van der Waals surface area contributed by atoms with Crippen molar-refractivity contribution in [1.29, 1.82) is 0 Å². The van der Waals surface area contributed by atoms with E-state index in [2.05, 4.69) is 0 Å². The van der Waals surface area contributed by atoms with Crippen molar-refractivity contribution >= 4 is 35.0 Å². The third-order valence-corrected chi connectivity index (χ3v) is 4.81. The number of rotatable bonds is 7. The van der Waals surface area contributed by atoms with Gasteiger partial charge in [0.1, 0.15) is 13.2 Å². The molecule has 1 fully saturated rings. The molecule has 0 bridgehead atoms. The molecule has 0 N–H and O–H groups in total. The first kappa shape index (κ1) is 20.2. The van der Waals surface area contributed by atoms with Crippen LogP contribution in [0.15, 0.2) is 24.3 Å². The third kappa shape index (κ3) is 4.75. The minimum absolute atomic E-state index is 0.00762. The molecule has 3 amide bonds. The molecule has 1 aliphatic heterocycles. The Kier molecular flexibility index (Phi) is 7.03. The molecule has 0 aliphatic carbocycles. The Labute approximate surface area is 159 Å². The Morgan fingerprint density at radius 2 is 2.04 bits per heavy atom. The highest BCUT2D eigenvalue weighted by Gasteiger charge is 2.33. The molecule has 0 saturated carbocycles. The van der Waals surface area contributed by atoms with Gasteiger partial charge in [-0.2, -0.15) is 0 Å². The number of carbonyl (C=O) groups excluding carboxylic acids is 3. The molecule has 1 saturated heterocycles. The van der Waals surface area contributed by atoms with Crippen LogP contribution in [0.5, 0.6) is 0 Å². The summed E-state index contributed by atoms with van der Waals surface area (Å²) in [5.41, 5.74) is 0.666. The first-order valence-corrected chi connectivity index (χ1v) is 9.37. The van der Waals surface area contributed by atoms with Gasteiger partial charge in [0.15, 0.2) is 0 Å². The highest BCUT2D eigenvalue weighted by atomic mass is 35.5. The van der Waals surface area contributed by atoms with Gasteiger partial charge in [-0.05, 0) is 31.0 Å². The summed E-state index contributed by atoms with van der Waals surface area (Å²) in [5, 5.41) is 0.536. The van der Waals surface area contributed by atoms with Gasteiger partial charge in [0, 0.05) is 23.2 Å². The summed E-state index contributed by atoms with van der Waals surface area (Å²) in [7, 11) is 0. The normalized spacial score (nSPS) is 15.3. The van der Waals surface area contributed by atoms with E-state index < -0.39 is 0 Å². The van der Waals surface area contributed by atoms with E-state index in [0.717, 1.165) is 12.8 Å². The minimum atomic E-state index is -0.215. The van der Waals surface area contributed by atoms with Gasteiger partial charge in [-0.3, -0.25) is 19.3 Å². The molecule has 0 unspecified atom stereocenters. The van der Waals surface area contributed by atoms with E-state index in [1.54, 1.807) is 29.2 Å². The van der Waals surface area contributed by atoms with E-state index >= 15 is 0 Å². The number of hydrogen-bond acceptors (Lipinski definition) is 3. The summed E-state index contributed by atoms with van der Waals surface area (Å²) in [4.78, 5) is 42.1. The van der Waals surface area contributed by atoms with Crippen molar-refractivity contribution in [3.63, 3.8) is 0 Å². The summed E-state index contributed by atoms with van der Waals surface area (Å²) in [6.07, 6.45) is 1.51. The van der Waals surface area contributed by atoms with E-state index in [9.17, 15) is 14.4 Å². The molecule has 1 aromatic carbocycles. The molecule has 1 atom stereocenters. The Hall–Kier alpha value is -2.08. The number of amides is 3. The molecule has 26 heavy (non-hydrogen) atoms. The van der Waals surface area contributed by atoms with Crippen LogP contribution in [-0.4, -0.2) is 53.8 Å². The second-order valence-corrected chi connectivity index (χ2v) is 7.04. The molecular weight excluding hydrogens is 354 g/mol. The van der Waals surface area contributed by atoms with Gasteiger partial charge in [0.05, 0.1) is 6.54 Å². The van der Waals surface area contributed by atoms with Crippen molar-refractivity contribution in [2.45, 2.75) is 33.6 Å². The monoisotopic (exact) mass is 379 g/mol. The van der Waals surface area contributed by atoms with Gasteiger partial charge < -0.3 is 9.80 Å². The molecule has 7 heteroatoms. The van der Waals surface area contributed by atoms with Gasteiger partial charge in [0.25, 0.3) is 0 Å². The Balaban J connectivity index is 2.05. The van der Waals surface area contributed by atoms with Crippen molar-refractivity contribution < 1.29 is 14.4 Å². The number of anilines is 1. The SMILES string of the molecule is CCCN(CC(=O)N1CC(=O)N(c2cccc(Cl)c2)C1)C(=O)[C@H](C)CC. The highest BCUT2D eigenvalue weighted by molar-refractivity contribution is 6.31. The number of benzene rings is 1. The van der Waals surface area contributed by atoms with E-state index in [1.165, 1.54) is 9.80 Å². The summed E-state index contributed by atoms with van der Waals surface area (Å²) >= 11 is 5.99. The maximum Gasteiger partial charge on any atom is 0.248 e. The second-order valence-electron chi connectivity index (χ2n) is 6.60. The van der Waals surface area contributed by atoms with Crippen LogP contribution in [0.25, 0.3) is 0 Å². The van der Waals surface area contributed by atoms with Gasteiger partial charge in [-0.25, -0.2) is 0 Å². The van der Waals surface area contributed by atoms with Crippen molar-refractivity contribution in [3.8, 4) is 0 Å². The molecule has 0 radical (unpaired) electrons. The number of hydrogen-bond donors (Lipinski definition) is 0. The standard InChI is InChI=1S/C19H26ClN3O3/c1-4-9-21(19(26)14(3)5-2)11-17(24)22-12-18(25)23(13-22)16-8-6-7-15(20)10-16/h6-8,10,14H,4-5,9,11-13H2,1-3H3/t14-/m1/s1. The Morgan fingerprint density at radius 1 is 1.31 bits per heavy atom. The minimum Gasteiger partial charge on any atom is -0.333 e. The number of nitrogens with zero attached hydrogens (tertiary/aromatic N) is 3. The summed E-state index contributed by atoms with van der Waals surface area (Å²) < 4.78 is 0. The molecule has 0 spiro atoms. The Morgan fingerprint density at radius 3 is 2.65 bits per heavy atom. The third-order valence-electron chi connectivity index (χ3n) is 4.58. The molecule has 6 nitrogen and oxygen atoms in total. The fourth-order valence-electron chi connectivity index (χ4n) is 2.87. The highest BCUT2D eigenvalue weighted by Crippen LogP contribution is 2.23. The maximum absolute atomic E-state index is 12.7. The second kappa shape index (κ2) is 9.03. The van der Waals surface area contributed by atoms with Gasteiger partial charge in [-0.15, -0.1) is 0 Å².